The lowest BCUT2D eigenvalue weighted by atomic mass is 10.2. The van der Waals surface area contributed by atoms with Crippen molar-refractivity contribution >= 4 is 26.6 Å². The molecule has 0 bridgehead atoms. The maximum atomic E-state index is 13.1. The molecule has 4 nitrogen and oxygen atoms in total. The smallest absolute Gasteiger partial charge is 0.262 e. The molecule has 0 saturated carbocycles. The summed E-state index contributed by atoms with van der Waals surface area (Å²) in [6.07, 6.45) is 1.74. The third-order valence-electron chi connectivity index (χ3n) is 3.27. The number of anilines is 1. The summed E-state index contributed by atoms with van der Waals surface area (Å²) in [5, 5.41) is 0.779. The molecule has 21 heavy (non-hydrogen) atoms. The molecule has 0 radical (unpaired) electrons. The Bertz CT molecular complexity index is 916. The van der Waals surface area contributed by atoms with Crippen LogP contribution in [0.15, 0.2) is 53.6 Å². The average Bonchev–Trinajstić information content (AvgIpc) is 2.87. The van der Waals surface area contributed by atoms with Gasteiger partial charge in [-0.15, -0.1) is 0 Å². The first-order valence-corrected chi connectivity index (χ1v) is 7.81. The van der Waals surface area contributed by atoms with Crippen LogP contribution in [0.4, 0.5) is 10.1 Å². The molecule has 2 N–H and O–H groups in total. The van der Waals surface area contributed by atoms with Crippen molar-refractivity contribution < 1.29 is 12.8 Å². The van der Waals surface area contributed by atoms with Crippen molar-refractivity contribution in [1.29, 1.82) is 0 Å². The molecule has 0 amide bonds. The number of hydrogen-bond acceptors (Lipinski definition) is 2. The SMILES string of the molecule is Cc1cc(F)ccc1S(=O)(=O)Nc1cccc2[nH]ccc12. The molecule has 0 aliphatic heterocycles. The van der Waals surface area contributed by atoms with Gasteiger partial charge >= 0.3 is 0 Å². The topological polar surface area (TPSA) is 62.0 Å². The number of halogens is 1. The van der Waals surface area contributed by atoms with Gasteiger partial charge in [-0.3, -0.25) is 4.72 Å². The second kappa shape index (κ2) is 4.89. The van der Waals surface area contributed by atoms with Crippen LogP contribution >= 0.6 is 0 Å². The third-order valence-corrected chi connectivity index (χ3v) is 4.79. The van der Waals surface area contributed by atoms with Crippen molar-refractivity contribution in [3.05, 3.63) is 60.0 Å². The summed E-state index contributed by atoms with van der Waals surface area (Å²) in [6.45, 7) is 1.56. The highest BCUT2D eigenvalue weighted by atomic mass is 32.2. The van der Waals surface area contributed by atoms with Gasteiger partial charge in [0, 0.05) is 17.1 Å². The van der Waals surface area contributed by atoms with Gasteiger partial charge in [-0.2, -0.15) is 0 Å². The number of sulfonamides is 1. The Balaban J connectivity index is 2.05. The standard InChI is InChI=1S/C15H13FN2O2S/c1-10-9-11(16)5-6-15(10)21(19,20)18-14-4-2-3-13-12(14)7-8-17-13/h2-9,17-18H,1H3. The molecule has 1 heterocycles. The molecule has 0 spiro atoms. The Hall–Kier alpha value is -2.34. The largest absolute Gasteiger partial charge is 0.361 e. The van der Waals surface area contributed by atoms with E-state index in [1.807, 2.05) is 6.07 Å². The Morgan fingerprint density at radius 1 is 1.14 bits per heavy atom. The summed E-state index contributed by atoms with van der Waals surface area (Å²) in [5.74, 6) is -0.459. The summed E-state index contributed by atoms with van der Waals surface area (Å²) in [7, 11) is -3.76. The maximum absolute atomic E-state index is 13.1. The van der Waals surface area contributed by atoms with E-state index < -0.39 is 15.8 Å². The summed E-state index contributed by atoms with van der Waals surface area (Å²) in [4.78, 5) is 3.09. The van der Waals surface area contributed by atoms with E-state index in [0.29, 0.717) is 11.3 Å². The monoisotopic (exact) mass is 304 g/mol. The van der Waals surface area contributed by atoms with Crippen LogP contribution in [-0.2, 0) is 10.0 Å². The average molecular weight is 304 g/mol. The second-order valence-corrected chi connectivity index (χ2v) is 6.41. The van der Waals surface area contributed by atoms with Crippen LogP contribution < -0.4 is 4.72 Å². The molecule has 3 rings (SSSR count). The zero-order valence-corrected chi connectivity index (χ0v) is 12.0. The molecular weight excluding hydrogens is 291 g/mol. The van der Waals surface area contributed by atoms with Gasteiger partial charge in [0.15, 0.2) is 0 Å². The Morgan fingerprint density at radius 3 is 2.71 bits per heavy atom. The number of nitrogens with one attached hydrogen (secondary N) is 2. The molecular formula is C15H13FN2O2S. The highest BCUT2D eigenvalue weighted by Crippen LogP contribution is 2.26. The minimum absolute atomic E-state index is 0.0661. The minimum Gasteiger partial charge on any atom is -0.361 e. The van der Waals surface area contributed by atoms with Crippen LogP contribution in [-0.4, -0.2) is 13.4 Å². The minimum atomic E-state index is -3.76. The Labute approximate surface area is 121 Å². The van der Waals surface area contributed by atoms with Crippen LogP contribution in [0, 0.1) is 12.7 Å². The molecule has 0 unspecified atom stereocenters. The van der Waals surface area contributed by atoms with Gasteiger partial charge in [0.05, 0.1) is 10.6 Å². The fourth-order valence-electron chi connectivity index (χ4n) is 2.29. The van der Waals surface area contributed by atoms with Crippen LogP contribution in [0.3, 0.4) is 0 Å². The van der Waals surface area contributed by atoms with E-state index in [1.54, 1.807) is 31.3 Å². The predicted octanol–water partition coefficient (Wildman–Crippen LogP) is 3.42. The number of rotatable bonds is 3. The number of aromatic nitrogens is 1. The number of aromatic amines is 1. The van der Waals surface area contributed by atoms with Crippen LogP contribution in [0.1, 0.15) is 5.56 Å². The van der Waals surface area contributed by atoms with E-state index in [0.717, 1.165) is 17.0 Å². The van der Waals surface area contributed by atoms with Crippen molar-refractivity contribution in [3.8, 4) is 0 Å². The zero-order valence-electron chi connectivity index (χ0n) is 11.2. The lowest BCUT2D eigenvalue weighted by Crippen LogP contribution is -2.14. The molecule has 3 aromatic rings. The third kappa shape index (κ3) is 2.50. The fraction of sp³-hybridized carbons (Fsp3) is 0.0667. The molecule has 2 aromatic carbocycles. The molecule has 0 fully saturated rings. The van der Waals surface area contributed by atoms with Crippen molar-refractivity contribution in [2.45, 2.75) is 11.8 Å². The van der Waals surface area contributed by atoms with Crippen LogP contribution in [0.5, 0.6) is 0 Å². The fourth-order valence-corrected chi connectivity index (χ4v) is 3.60. The van der Waals surface area contributed by atoms with Crippen molar-refractivity contribution in [2.24, 2.45) is 0 Å². The molecule has 6 heteroatoms. The van der Waals surface area contributed by atoms with E-state index in [-0.39, 0.29) is 4.90 Å². The van der Waals surface area contributed by atoms with Gasteiger partial charge in [-0.1, -0.05) is 6.07 Å². The van der Waals surface area contributed by atoms with Gasteiger partial charge < -0.3 is 4.98 Å². The van der Waals surface area contributed by atoms with Gasteiger partial charge in [0.1, 0.15) is 5.82 Å². The number of H-pyrrole nitrogens is 1. The highest BCUT2D eigenvalue weighted by Gasteiger charge is 2.18. The van der Waals surface area contributed by atoms with E-state index in [4.69, 9.17) is 0 Å². The molecule has 108 valence electrons. The van der Waals surface area contributed by atoms with Gasteiger partial charge in [0.2, 0.25) is 0 Å². The summed E-state index contributed by atoms with van der Waals surface area (Å²) in [5.41, 5.74) is 1.69. The first-order valence-electron chi connectivity index (χ1n) is 6.32. The quantitative estimate of drug-likeness (QED) is 0.779. The highest BCUT2D eigenvalue weighted by molar-refractivity contribution is 7.92. The molecule has 0 atom stereocenters. The molecule has 0 aliphatic rings. The van der Waals surface area contributed by atoms with E-state index in [1.165, 1.54) is 12.1 Å². The van der Waals surface area contributed by atoms with Gasteiger partial charge in [-0.25, -0.2) is 12.8 Å². The van der Waals surface area contributed by atoms with Gasteiger partial charge in [0.25, 0.3) is 10.0 Å². The van der Waals surface area contributed by atoms with Crippen molar-refractivity contribution in [3.63, 3.8) is 0 Å². The number of benzene rings is 2. The maximum Gasteiger partial charge on any atom is 0.262 e. The first-order chi connectivity index (χ1) is 9.97. The number of aryl methyl sites for hydroxylation is 1. The lowest BCUT2D eigenvalue weighted by Gasteiger charge is -2.11. The lowest BCUT2D eigenvalue weighted by molar-refractivity contribution is 0.598. The molecule has 0 aliphatic carbocycles. The predicted molar refractivity (Wildman–Crippen MR) is 80.2 cm³/mol. The number of hydrogen-bond donors (Lipinski definition) is 2. The normalized spacial score (nSPS) is 11.7. The number of fused-ring (bicyclic) bond motifs is 1. The summed E-state index contributed by atoms with van der Waals surface area (Å²) in [6, 6.07) is 10.7. The molecule has 1 aromatic heterocycles. The zero-order chi connectivity index (χ0) is 15.0. The second-order valence-electron chi connectivity index (χ2n) is 4.76. The summed E-state index contributed by atoms with van der Waals surface area (Å²) < 4.78 is 40.6. The van der Waals surface area contributed by atoms with Gasteiger partial charge in [-0.05, 0) is 48.9 Å². The van der Waals surface area contributed by atoms with E-state index in [2.05, 4.69) is 9.71 Å². The van der Waals surface area contributed by atoms with Crippen LogP contribution in [0.2, 0.25) is 0 Å². The van der Waals surface area contributed by atoms with E-state index >= 15 is 0 Å². The Morgan fingerprint density at radius 2 is 1.95 bits per heavy atom. The first kappa shape index (κ1) is 13.6. The van der Waals surface area contributed by atoms with E-state index in [9.17, 15) is 12.8 Å². The Kier molecular flexibility index (Phi) is 3.17. The van der Waals surface area contributed by atoms with Crippen LogP contribution in [0.25, 0.3) is 10.9 Å². The van der Waals surface area contributed by atoms with Crippen molar-refractivity contribution in [2.75, 3.05) is 4.72 Å². The summed E-state index contributed by atoms with van der Waals surface area (Å²) >= 11 is 0. The molecule has 0 saturated heterocycles. The van der Waals surface area contributed by atoms with Crippen molar-refractivity contribution in [1.82, 2.24) is 4.98 Å².